The van der Waals surface area contributed by atoms with E-state index in [1.54, 1.807) is 49.6 Å². The Morgan fingerprint density at radius 2 is 1.73 bits per heavy atom. The Bertz CT molecular complexity index is 880. The lowest BCUT2D eigenvalue weighted by atomic mass is 10.2. The summed E-state index contributed by atoms with van der Waals surface area (Å²) in [6.45, 7) is -0.472. The van der Waals surface area contributed by atoms with Gasteiger partial charge in [0, 0.05) is 7.05 Å². The van der Waals surface area contributed by atoms with Gasteiger partial charge in [0.2, 0.25) is 10.0 Å². The van der Waals surface area contributed by atoms with E-state index in [-0.39, 0.29) is 10.7 Å². The normalized spacial score (nSPS) is 12.0. The molecule has 0 saturated carbocycles. The number of ether oxygens (including phenoxy) is 1. The number of amidine groups is 1. The maximum atomic E-state index is 12.3. The Balaban J connectivity index is 1.99. The number of rotatable bonds is 7. The number of sulfonamides is 1. The van der Waals surface area contributed by atoms with Gasteiger partial charge in [-0.2, -0.15) is 4.31 Å². The Kier molecular flexibility index (Phi) is 6.31. The summed E-state index contributed by atoms with van der Waals surface area (Å²) in [6.07, 6.45) is 0. The molecule has 0 aliphatic carbocycles. The van der Waals surface area contributed by atoms with Crippen molar-refractivity contribution in [1.82, 2.24) is 4.31 Å². The first kappa shape index (κ1) is 19.4. The minimum absolute atomic E-state index is 0.0903. The first-order valence-corrected chi connectivity index (χ1v) is 9.02. The zero-order valence-corrected chi connectivity index (χ0v) is 15.2. The SMILES string of the molecule is COc1ccc(C(N)=[NH+]OC(=O)CN(C)S(=O)(=O)c2ccccc2)cc1. The summed E-state index contributed by atoms with van der Waals surface area (Å²) in [4.78, 5) is 16.8. The van der Waals surface area contributed by atoms with E-state index in [0.29, 0.717) is 11.3 Å². The van der Waals surface area contributed by atoms with Crippen molar-refractivity contribution in [2.24, 2.45) is 5.73 Å². The summed E-state index contributed by atoms with van der Waals surface area (Å²) in [7, 11) is -0.944. The zero-order chi connectivity index (χ0) is 19.2. The van der Waals surface area contributed by atoms with Crippen LogP contribution in [0.1, 0.15) is 5.56 Å². The van der Waals surface area contributed by atoms with Gasteiger partial charge in [-0.1, -0.05) is 23.4 Å². The highest BCUT2D eigenvalue weighted by Gasteiger charge is 2.24. The minimum Gasteiger partial charge on any atom is -0.497 e. The standard InChI is InChI=1S/C17H19N3O5S/c1-20(26(22,23)15-6-4-3-5-7-15)12-16(21)25-19-17(18)13-8-10-14(24-2)11-9-13/h3-11H,12H2,1-2H3,(H2,18,19)/p+1. The van der Waals surface area contributed by atoms with Gasteiger partial charge < -0.3 is 4.74 Å². The fourth-order valence-electron chi connectivity index (χ4n) is 2.01. The van der Waals surface area contributed by atoms with Gasteiger partial charge in [0.15, 0.2) is 0 Å². The lowest BCUT2D eigenvalue weighted by Gasteiger charge is -2.14. The molecule has 0 heterocycles. The molecule has 0 aliphatic heterocycles. The summed E-state index contributed by atoms with van der Waals surface area (Å²) >= 11 is 0. The van der Waals surface area contributed by atoms with Gasteiger partial charge in [0.1, 0.15) is 12.3 Å². The van der Waals surface area contributed by atoms with E-state index in [0.717, 1.165) is 4.31 Å². The van der Waals surface area contributed by atoms with Crippen LogP contribution in [-0.2, 0) is 19.7 Å². The Morgan fingerprint density at radius 1 is 1.12 bits per heavy atom. The molecule has 9 heteroatoms. The molecule has 26 heavy (non-hydrogen) atoms. The summed E-state index contributed by atoms with van der Waals surface area (Å²) in [5.74, 6) is -0.0377. The highest BCUT2D eigenvalue weighted by atomic mass is 32.2. The predicted octanol–water partition coefficient (Wildman–Crippen LogP) is -0.740. The van der Waals surface area contributed by atoms with Crippen LogP contribution in [0.15, 0.2) is 59.5 Å². The number of carbonyl (C=O) groups excluding carboxylic acids is 1. The van der Waals surface area contributed by atoms with Crippen molar-refractivity contribution in [3.8, 4) is 5.75 Å². The van der Waals surface area contributed by atoms with Gasteiger partial charge in [0.25, 0.3) is 0 Å². The zero-order valence-electron chi connectivity index (χ0n) is 14.4. The maximum absolute atomic E-state index is 12.3. The molecule has 0 spiro atoms. The second kappa shape index (κ2) is 8.45. The van der Waals surface area contributed by atoms with Gasteiger partial charge in [0.05, 0.1) is 17.6 Å². The molecule has 0 saturated heterocycles. The van der Waals surface area contributed by atoms with Crippen LogP contribution < -0.4 is 15.6 Å². The van der Waals surface area contributed by atoms with Crippen LogP contribution in [0.3, 0.4) is 0 Å². The number of benzene rings is 2. The van der Waals surface area contributed by atoms with Crippen LogP contribution in [0.4, 0.5) is 0 Å². The van der Waals surface area contributed by atoms with Crippen LogP contribution >= 0.6 is 0 Å². The van der Waals surface area contributed by atoms with E-state index in [2.05, 4.69) is 5.16 Å². The topological polar surface area (TPSA) is 113 Å². The molecule has 0 unspecified atom stereocenters. The molecule has 0 bridgehead atoms. The molecule has 0 fully saturated rings. The first-order chi connectivity index (χ1) is 12.3. The maximum Gasteiger partial charge on any atom is 0.372 e. The summed E-state index contributed by atoms with van der Waals surface area (Å²) in [6, 6.07) is 14.6. The Morgan fingerprint density at radius 3 is 2.31 bits per heavy atom. The summed E-state index contributed by atoms with van der Waals surface area (Å²) < 4.78 is 30.6. The quantitative estimate of drug-likeness (QED) is 0.284. The largest absolute Gasteiger partial charge is 0.497 e. The molecule has 2 rings (SSSR count). The van der Waals surface area contributed by atoms with Crippen molar-refractivity contribution in [3.63, 3.8) is 0 Å². The molecule has 138 valence electrons. The van der Waals surface area contributed by atoms with Gasteiger partial charge in [-0.25, -0.2) is 13.2 Å². The molecule has 0 aliphatic rings. The molecule has 2 aromatic rings. The van der Waals surface area contributed by atoms with Crippen LogP contribution in [0.5, 0.6) is 5.75 Å². The summed E-state index contributed by atoms with van der Waals surface area (Å²) in [5, 5.41) is 2.32. The highest BCUT2D eigenvalue weighted by molar-refractivity contribution is 7.89. The smallest absolute Gasteiger partial charge is 0.372 e. The molecule has 0 amide bonds. The van der Waals surface area contributed by atoms with Crippen LogP contribution in [0.25, 0.3) is 0 Å². The molecular formula is C17H20N3O5S+. The number of nitrogens with one attached hydrogen (secondary N) is 1. The molecular weight excluding hydrogens is 358 g/mol. The van der Waals surface area contributed by atoms with Crippen molar-refractivity contribution in [3.05, 3.63) is 60.2 Å². The molecule has 2 aromatic carbocycles. The van der Waals surface area contributed by atoms with E-state index in [4.69, 9.17) is 15.3 Å². The first-order valence-electron chi connectivity index (χ1n) is 7.58. The Labute approximate surface area is 151 Å². The average Bonchev–Trinajstić information content (AvgIpc) is 2.66. The van der Waals surface area contributed by atoms with E-state index in [1.165, 1.54) is 19.2 Å². The highest BCUT2D eigenvalue weighted by Crippen LogP contribution is 2.13. The number of hydrogen-bond donors (Lipinski definition) is 2. The fourth-order valence-corrected chi connectivity index (χ4v) is 3.15. The Hall–Kier alpha value is -2.91. The predicted molar refractivity (Wildman–Crippen MR) is 94.6 cm³/mol. The lowest BCUT2D eigenvalue weighted by Crippen LogP contribution is -2.76. The number of hydrogen-bond acceptors (Lipinski definition) is 5. The van der Waals surface area contributed by atoms with Crippen molar-refractivity contribution in [2.75, 3.05) is 20.7 Å². The van der Waals surface area contributed by atoms with Gasteiger partial charge in [-0.3, -0.25) is 10.6 Å². The molecule has 0 radical (unpaired) electrons. The molecule has 8 nitrogen and oxygen atoms in total. The minimum atomic E-state index is -3.78. The lowest BCUT2D eigenvalue weighted by molar-refractivity contribution is -0.723. The molecule has 3 N–H and O–H groups in total. The fraction of sp³-hybridized carbons (Fsp3) is 0.176. The van der Waals surface area contributed by atoms with Gasteiger partial charge >= 0.3 is 11.8 Å². The average molecular weight is 378 g/mol. The number of nitrogen functional groups attached to an aromatic ring is 1. The van der Waals surface area contributed by atoms with E-state index >= 15 is 0 Å². The second-order valence-electron chi connectivity index (χ2n) is 5.29. The van der Waals surface area contributed by atoms with E-state index in [1.807, 2.05) is 0 Å². The molecule has 0 atom stereocenters. The third-order valence-corrected chi connectivity index (χ3v) is 5.30. The van der Waals surface area contributed by atoms with Crippen molar-refractivity contribution in [2.45, 2.75) is 4.90 Å². The van der Waals surface area contributed by atoms with Gasteiger partial charge in [-0.05, 0) is 36.4 Å². The summed E-state index contributed by atoms with van der Waals surface area (Å²) in [5.41, 5.74) is 6.39. The number of nitrogens with zero attached hydrogens (tertiary/aromatic N) is 1. The van der Waals surface area contributed by atoms with Crippen LogP contribution in [0, 0.1) is 0 Å². The molecule has 0 aromatic heterocycles. The van der Waals surface area contributed by atoms with Crippen LogP contribution in [0.2, 0.25) is 0 Å². The third kappa shape index (κ3) is 4.80. The second-order valence-corrected chi connectivity index (χ2v) is 7.34. The monoisotopic (exact) mass is 378 g/mol. The third-order valence-electron chi connectivity index (χ3n) is 3.48. The van der Waals surface area contributed by atoms with Crippen LogP contribution in [-0.4, -0.2) is 45.2 Å². The van der Waals surface area contributed by atoms with Gasteiger partial charge in [-0.15, -0.1) is 0 Å². The van der Waals surface area contributed by atoms with E-state index < -0.39 is 22.5 Å². The van der Waals surface area contributed by atoms with Crippen molar-refractivity contribution in [1.29, 1.82) is 0 Å². The van der Waals surface area contributed by atoms with Crippen molar-refractivity contribution < 1.29 is 27.9 Å². The number of likely N-dealkylation sites (N-methyl/N-ethyl adjacent to an activating group) is 1. The number of methoxy groups -OCH3 is 1. The van der Waals surface area contributed by atoms with E-state index in [9.17, 15) is 13.2 Å². The number of carbonyl (C=O) groups is 1. The number of nitrogens with two attached hydrogens (primary N) is 1. The van der Waals surface area contributed by atoms with Crippen molar-refractivity contribution >= 4 is 21.8 Å².